The number of para-hydroxylation sites is 1. The summed E-state index contributed by atoms with van der Waals surface area (Å²) in [7, 11) is 0. The summed E-state index contributed by atoms with van der Waals surface area (Å²) < 4.78 is 0. The van der Waals surface area contributed by atoms with Crippen molar-refractivity contribution in [2.45, 2.75) is 20.4 Å². The van der Waals surface area contributed by atoms with Crippen molar-refractivity contribution < 1.29 is 0 Å². The number of nitrogens with zero attached hydrogens (tertiary/aromatic N) is 2. The molecule has 2 aromatic carbocycles. The van der Waals surface area contributed by atoms with Crippen molar-refractivity contribution in [2.24, 2.45) is 4.99 Å². The van der Waals surface area contributed by atoms with Gasteiger partial charge in [-0.05, 0) is 25.5 Å². The van der Waals surface area contributed by atoms with Crippen LogP contribution in [-0.2, 0) is 6.54 Å². The van der Waals surface area contributed by atoms with Gasteiger partial charge < -0.3 is 10.2 Å². The topological polar surface area (TPSA) is 27.6 Å². The molecule has 0 amide bonds. The molecule has 0 radical (unpaired) electrons. The first-order valence-corrected chi connectivity index (χ1v) is 8.33. The highest BCUT2D eigenvalue weighted by Gasteiger charge is 2.23. The van der Waals surface area contributed by atoms with E-state index in [1.165, 1.54) is 5.56 Å². The minimum absolute atomic E-state index is 0.734. The van der Waals surface area contributed by atoms with Crippen LogP contribution in [0.5, 0.6) is 0 Å². The van der Waals surface area contributed by atoms with E-state index in [0.717, 1.165) is 40.6 Å². The summed E-state index contributed by atoms with van der Waals surface area (Å²) in [4.78, 5) is 6.65. The van der Waals surface area contributed by atoms with Gasteiger partial charge in [-0.2, -0.15) is 0 Å². The molecule has 3 rings (SSSR count). The van der Waals surface area contributed by atoms with Crippen molar-refractivity contribution in [1.29, 1.82) is 0 Å². The molecule has 1 N–H and O–H groups in total. The van der Waals surface area contributed by atoms with Crippen LogP contribution >= 0.6 is 0 Å². The molecule has 0 spiro atoms. The third-order valence-electron chi connectivity index (χ3n) is 4.08. The van der Waals surface area contributed by atoms with Crippen LogP contribution in [0.1, 0.15) is 25.0 Å². The second-order valence-electron chi connectivity index (χ2n) is 6.26. The molecule has 0 aliphatic carbocycles. The number of hydrogen-bond acceptors (Lipinski definition) is 3. The quantitative estimate of drug-likeness (QED) is 0.793. The lowest BCUT2D eigenvalue weighted by Gasteiger charge is -2.26. The van der Waals surface area contributed by atoms with Crippen LogP contribution in [0.15, 0.2) is 90.3 Å². The normalized spacial score (nSPS) is 15.4. The van der Waals surface area contributed by atoms with Crippen molar-refractivity contribution in [3.05, 3.63) is 96.5 Å². The fourth-order valence-electron chi connectivity index (χ4n) is 2.80. The van der Waals surface area contributed by atoms with E-state index in [1.807, 2.05) is 38.2 Å². The van der Waals surface area contributed by atoms with Gasteiger partial charge >= 0.3 is 0 Å². The zero-order chi connectivity index (χ0) is 17.8. The number of fused-ring (bicyclic) bond motifs is 1. The molecule has 0 unspecified atom stereocenters. The third-order valence-corrected chi connectivity index (χ3v) is 4.08. The number of rotatable bonds is 3. The van der Waals surface area contributed by atoms with E-state index < -0.39 is 0 Å². The molecule has 0 bridgehead atoms. The van der Waals surface area contributed by atoms with Crippen LogP contribution < -0.4 is 10.2 Å². The van der Waals surface area contributed by atoms with Gasteiger partial charge in [0, 0.05) is 23.5 Å². The standard InChI is InChI=1S/C22H23N3/c1-16(2)23-14-21-18(4)25(15-19-10-6-5-7-11-19)22-13-9-8-12-20(22)17(3)24-21/h5-14,24H,3-4,15H2,1-2H3/b21-14+. The Morgan fingerprint density at radius 3 is 2.44 bits per heavy atom. The summed E-state index contributed by atoms with van der Waals surface area (Å²) >= 11 is 0. The fraction of sp³-hybridized carbons (Fsp3) is 0.136. The van der Waals surface area contributed by atoms with Crippen LogP contribution in [-0.4, -0.2) is 5.71 Å². The predicted octanol–water partition coefficient (Wildman–Crippen LogP) is 5.10. The van der Waals surface area contributed by atoms with Gasteiger partial charge in [-0.25, -0.2) is 0 Å². The first-order valence-electron chi connectivity index (χ1n) is 8.33. The molecule has 0 aromatic heterocycles. The average Bonchev–Trinajstić information content (AvgIpc) is 2.71. The molecule has 1 heterocycles. The van der Waals surface area contributed by atoms with Crippen LogP contribution in [0.3, 0.4) is 0 Å². The van der Waals surface area contributed by atoms with Gasteiger partial charge in [0.25, 0.3) is 0 Å². The molecule has 0 saturated heterocycles. The zero-order valence-corrected chi connectivity index (χ0v) is 14.8. The zero-order valence-electron chi connectivity index (χ0n) is 14.8. The number of anilines is 1. The van der Waals surface area contributed by atoms with E-state index in [-0.39, 0.29) is 0 Å². The van der Waals surface area contributed by atoms with Gasteiger partial charge in [0.2, 0.25) is 0 Å². The van der Waals surface area contributed by atoms with Crippen molar-refractivity contribution >= 4 is 17.1 Å². The van der Waals surface area contributed by atoms with E-state index in [4.69, 9.17) is 0 Å². The van der Waals surface area contributed by atoms with Gasteiger partial charge in [0.05, 0.1) is 23.3 Å². The maximum atomic E-state index is 4.44. The van der Waals surface area contributed by atoms with E-state index in [9.17, 15) is 0 Å². The molecule has 0 atom stereocenters. The maximum absolute atomic E-state index is 4.44. The SMILES string of the molecule is C=C1N/C(=C/N=C(C)C)C(=C)N(Cc2ccccc2)c2ccccc21. The molecular formula is C22H23N3. The predicted molar refractivity (Wildman–Crippen MR) is 107 cm³/mol. The highest BCUT2D eigenvalue weighted by atomic mass is 15.2. The second kappa shape index (κ2) is 7.22. The Balaban J connectivity index is 2.08. The summed E-state index contributed by atoms with van der Waals surface area (Å²) in [5, 5.41) is 3.37. The Bertz CT molecular complexity index is 856. The maximum Gasteiger partial charge on any atom is 0.0805 e. The Kier molecular flexibility index (Phi) is 4.85. The van der Waals surface area contributed by atoms with Crippen molar-refractivity contribution in [3.63, 3.8) is 0 Å². The number of aliphatic imine (C=N–C) groups is 1. The molecule has 25 heavy (non-hydrogen) atoms. The van der Waals surface area contributed by atoms with Gasteiger partial charge in [0.1, 0.15) is 0 Å². The Labute approximate surface area is 149 Å². The smallest absolute Gasteiger partial charge is 0.0805 e. The van der Waals surface area contributed by atoms with Crippen LogP contribution in [0.25, 0.3) is 5.70 Å². The minimum atomic E-state index is 0.734. The molecule has 0 fully saturated rings. The largest absolute Gasteiger partial charge is 0.353 e. The Hall–Kier alpha value is -3.07. The first kappa shape index (κ1) is 16.8. The highest BCUT2D eigenvalue weighted by molar-refractivity contribution is 5.82. The monoisotopic (exact) mass is 329 g/mol. The number of benzene rings is 2. The molecule has 0 saturated carbocycles. The Morgan fingerprint density at radius 1 is 1.04 bits per heavy atom. The van der Waals surface area contributed by atoms with E-state index in [0.29, 0.717) is 0 Å². The van der Waals surface area contributed by atoms with Crippen molar-refractivity contribution in [2.75, 3.05) is 4.90 Å². The number of nitrogens with one attached hydrogen (secondary N) is 1. The fourth-order valence-corrected chi connectivity index (χ4v) is 2.80. The van der Waals surface area contributed by atoms with Crippen LogP contribution in [0, 0.1) is 0 Å². The van der Waals surface area contributed by atoms with Crippen LogP contribution in [0.4, 0.5) is 5.69 Å². The van der Waals surface area contributed by atoms with Gasteiger partial charge in [-0.1, -0.05) is 61.7 Å². The number of hydrogen-bond donors (Lipinski definition) is 1. The van der Waals surface area contributed by atoms with E-state index >= 15 is 0 Å². The second-order valence-corrected chi connectivity index (χ2v) is 6.26. The van der Waals surface area contributed by atoms with Gasteiger partial charge in [0.15, 0.2) is 0 Å². The van der Waals surface area contributed by atoms with E-state index in [1.54, 1.807) is 0 Å². The molecule has 3 heteroatoms. The lowest BCUT2D eigenvalue weighted by molar-refractivity contribution is 0.910. The molecule has 1 aliphatic rings. The molecule has 3 nitrogen and oxygen atoms in total. The Morgan fingerprint density at radius 2 is 1.72 bits per heavy atom. The third kappa shape index (κ3) is 3.72. The first-order chi connectivity index (χ1) is 12.1. The average molecular weight is 329 g/mol. The summed E-state index contributed by atoms with van der Waals surface area (Å²) in [6.45, 7) is 13.2. The molecule has 2 aromatic rings. The minimum Gasteiger partial charge on any atom is -0.353 e. The molecular weight excluding hydrogens is 306 g/mol. The molecule has 126 valence electrons. The summed E-state index contributed by atoms with van der Waals surface area (Å²) in [6.07, 6.45) is 1.83. The highest BCUT2D eigenvalue weighted by Crippen LogP contribution is 2.34. The molecule has 1 aliphatic heterocycles. The van der Waals surface area contributed by atoms with Crippen molar-refractivity contribution in [3.8, 4) is 0 Å². The van der Waals surface area contributed by atoms with E-state index in [2.05, 4.69) is 64.8 Å². The lowest BCUT2D eigenvalue weighted by Crippen LogP contribution is -2.24. The summed E-state index contributed by atoms with van der Waals surface area (Å²) in [5.41, 5.74) is 6.96. The van der Waals surface area contributed by atoms with Gasteiger partial charge in [-0.15, -0.1) is 0 Å². The van der Waals surface area contributed by atoms with Crippen LogP contribution in [0.2, 0.25) is 0 Å². The lowest BCUT2D eigenvalue weighted by atomic mass is 10.1. The summed E-state index contributed by atoms with van der Waals surface area (Å²) in [6, 6.07) is 18.6. The van der Waals surface area contributed by atoms with Gasteiger partial charge in [-0.3, -0.25) is 4.99 Å². The summed E-state index contributed by atoms with van der Waals surface area (Å²) in [5.74, 6) is 0. The van der Waals surface area contributed by atoms with Crippen molar-refractivity contribution in [1.82, 2.24) is 5.32 Å².